The van der Waals surface area contributed by atoms with Gasteiger partial charge in [0.15, 0.2) is 0 Å². The number of nitrogens with one attached hydrogen (secondary N) is 1. The van der Waals surface area contributed by atoms with E-state index in [-0.39, 0.29) is 24.3 Å². The van der Waals surface area contributed by atoms with Crippen molar-refractivity contribution in [2.75, 3.05) is 13.7 Å². The molecule has 3 rings (SSSR count). The number of carbonyl (C=O) groups is 1. The molecule has 0 saturated heterocycles. The second-order valence-corrected chi connectivity index (χ2v) is 5.48. The first-order valence-electron chi connectivity index (χ1n) is 6.68. The summed E-state index contributed by atoms with van der Waals surface area (Å²) in [5, 5.41) is 3.55. The lowest BCUT2D eigenvalue weighted by Crippen LogP contribution is -2.42. The molecule has 1 aliphatic heterocycles. The van der Waals surface area contributed by atoms with Crippen molar-refractivity contribution in [1.82, 2.24) is 5.32 Å². The minimum Gasteiger partial charge on any atom is -0.468 e. The molecule has 102 valence electrons. The van der Waals surface area contributed by atoms with Crippen molar-refractivity contribution in [3.63, 3.8) is 0 Å². The van der Waals surface area contributed by atoms with E-state index in [9.17, 15) is 4.79 Å². The van der Waals surface area contributed by atoms with Gasteiger partial charge >= 0.3 is 5.97 Å². The van der Waals surface area contributed by atoms with Gasteiger partial charge in [0.05, 0.1) is 7.11 Å². The van der Waals surface area contributed by atoms with Crippen molar-refractivity contribution < 1.29 is 9.53 Å². The van der Waals surface area contributed by atoms with E-state index in [2.05, 4.69) is 10.3 Å². The first kappa shape index (κ1) is 13.7. The number of aliphatic imine (C=N–C) groups is 1. The Bertz CT molecular complexity index is 339. The zero-order valence-electron chi connectivity index (χ0n) is 10.7. The maximum absolute atomic E-state index is 11.6. The van der Waals surface area contributed by atoms with Gasteiger partial charge in [-0.1, -0.05) is 0 Å². The normalized spacial score (nSPS) is 26.6. The number of esters is 1. The van der Waals surface area contributed by atoms with E-state index in [1.54, 1.807) is 0 Å². The van der Waals surface area contributed by atoms with E-state index in [1.165, 1.54) is 32.8 Å². The molecule has 1 heterocycles. The summed E-state index contributed by atoms with van der Waals surface area (Å²) in [6, 6.07) is 0.569. The van der Waals surface area contributed by atoms with Crippen molar-refractivity contribution >= 4 is 24.2 Å². The fraction of sp³-hybridized carbons (Fsp3) is 0.846. The van der Waals surface area contributed by atoms with Crippen LogP contribution in [0.15, 0.2) is 4.99 Å². The number of ether oxygens (including phenoxy) is 1. The standard InChI is InChI=1S/C13H20N2O2.ClH/c1-17-13(16)10-6-7-14-12(10)15-11(8-2-3-8)9-4-5-9;/h8-11H,2-7H2,1H3,(H,14,15);1H. The highest BCUT2D eigenvalue weighted by atomic mass is 35.5. The zero-order valence-corrected chi connectivity index (χ0v) is 11.5. The molecule has 2 fully saturated rings. The Kier molecular flexibility index (Phi) is 4.15. The molecule has 0 bridgehead atoms. The van der Waals surface area contributed by atoms with Crippen LogP contribution in [-0.4, -0.2) is 31.5 Å². The number of nitrogens with zero attached hydrogens (tertiary/aromatic N) is 1. The summed E-state index contributed by atoms with van der Waals surface area (Å²) >= 11 is 0. The molecule has 0 radical (unpaired) electrons. The Balaban J connectivity index is 0.00000120. The maximum atomic E-state index is 11.6. The fourth-order valence-electron chi connectivity index (χ4n) is 2.78. The lowest BCUT2D eigenvalue weighted by atomic mass is 10.0. The number of halogens is 1. The number of hydrogen-bond acceptors (Lipinski definition) is 4. The summed E-state index contributed by atoms with van der Waals surface area (Å²) in [4.78, 5) is 16.1. The van der Waals surface area contributed by atoms with E-state index < -0.39 is 0 Å². The van der Waals surface area contributed by atoms with Crippen LogP contribution in [0.2, 0.25) is 0 Å². The topological polar surface area (TPSA) is 50.7 Å². The molecular weight excluding hydrogens is 252 g/mol. The second-order valence-electron chi connectivity index (χ2n) is 5.48. The average molecular weight is 273 g/mol. The van der Waals surface area contributed by atoms with Crippen LogP contribution in [0, 0.1) is 17.8 Å². The van der Waals surface area contributed by atoms with E-state index in [0.717, 1.165) is 30.6 Å². The summed E-state index contributed by atoms with van der Waals surface area (Å²) in [5.74, 6) is 2.26. The third kappa shape index (κ3) is 2.79. The van der Waals surface area contributed by atoms with Crippen LogP contribution in [0.5, 0.6) is 0 Å². The Morgan fingerprint density at radius 2 is 1.89 bits per heavy atom. The summed E-state index contributed by atoms with van der Waals surface area (Å²) in [6.07, 6.45) is 6.15. The quantitative estimate of drug-likeness (QED) is 0.794. The Hall–Kier alpha value is -0.770. The molecule has 0 amide bonds. The highest BCUT2D eigenvalue weighted by Gasteiger charge is 2.43. The lowest BCUT2D eigenvalue weighted by Gasteiger charge is -2.21. The van der Waals surface area contributed by atoms with Crippen molar-refractivity contribution in [3.8, 4) is 0 Å². The molecule has 1 unspecified atom stereocenters. The molecule has 0 spiro atoms. The summed E-state index contributed by atoms with van der Waals surface area (Å²) in [6.45, 7) is 0.754. The predicted octanol–water partition coefficient (Wildman–Crippen LogP) is 1.78. The molecule has 0 aromatic heterocycles. The minimum atomic E-state index is -0.140. The molecule has 2 aliphatic carbocycles. The zero-order chi connectivity index (χ0) is 11.8. The second kappa shape index (κ2) is 5.47. The lowest BCUT2D eigenvalue weighted by molar-refractivity contribution is -0.143. The molecule has 0 aromatic rings. The highest BCUT2D eigenvalue weighted by molar-refractivity contribution is 6.02. The molecule has 18 heavy (non-hydrogen) atoms. The van der Waals surface area contributed by atoms with Gasteiger partial charge in [-0.2, -0.15) is 0 Å². The summed E-state index contributed by atoms with van der Waals surface area (Å²) in [7, 11) is 1.46. The van der Waals surface area contributed by atoms with E-state index in [4.69, 9.17) is 4.74 Å². The van der Waals surface area contributed by atoms with Crippen molar-refractivity contribution in [2.24, 2.45) is 22.7 Å². The SMILES string of the molecule is COC(=O)C1CCN=C1NC(C1CC1)C1CC1.Cl. The number of hydrogen-bond donors (Lipinski definition) is 1. The van der Waals surface area contributed by atoms with Crippen LogP contribution in [0.3, 0.4) is 0 Å². The van der Waals surface area contributed by atoms with Crippen molar-refractivity contribution in [2.45, 2.75) is 38.1 Å². The minimum absolute atomic E-state index is 0. The van der Waals surface area contributed by atoms with Crippen molar-refractivity contribution in [1.29, 1.82) is 0 Å². The number of rotatable bonds is 4. The molecule has 3 aliphatic rings. The Morgan fingerprint density at radius 3 is 2.39 bits per heavy atom. The van der Waals surface area contributed by atoms with Crippen LogP contribution in [0.25, 0.3) is 0 Å². The first-order chi connectivity index (χ1) is 8.29. The van der Waals surface area contributed by atoms with Crippen LogP contribution in [0.4, 0.5) is 0 Å². The Morgan fingerprint density at radius 1 is 1.28 bits per heavy atom. The molecule has 4 nitrogen and oxygen atoms in total. The van der Waals surface area contributed by atoms with Gasteiger partial charge in [-0.3, -0.25) is 9.79 Å². The van der Waals surface area contributed by atoms with E-state index in [1.807, 2.05) is 0 Å². The van der Waals surface area contributed by atoms with Crippen molar-refractivity contribution in [3.05, 3.63) is 0 Å². The van der Waals surface area contributed by atoms with Crippen LogP contribution in [-0.2, 0) is 9.53 Å². The largest absolute Gasteiger partial charge is 0.468 e. The predicted molar refractivity (Wildman–Crippen MR) is 72.0 cm³/mol. The van der Waals surface area contributed by atoms with Gasteiger partial charge in [-0.25, -0.2) is 0 Å². The molecule has 5 heteroatoms. The van der Waals surface area contributed by atoms with Gasteiger partial charge in [-0.05, 0) is 43.9 Å². The van der Waals surface area contributed by atoms with E-state index in [0.29, 0.717) is 6.04 Å². The van der Waals surface area contributed by atoms with Gasteiger partial charge in [-0.15, -0.1) is 12.4 Å². The summed E-state index contributed by atoms with van der Waals surface area (Å²) in [5.41, 5.74) is 0. The maximum Gasteiger partial charge on any atom is 0.316 e. The third-order valence-corrected chi connectivity index (χ3v) is 4.09. The smallest absolute Gasteiger partial charge is 0.316 e. The van der Waals surface area contributed by atoms with Crippen LogP contribution >= 0.6 is 12.4 Å². The van der Waals surface area contributed by atoms with Crippen LogP contribution in [0.1, 0.15) is 32.1 Å². The van der Waals surface area contributed by atoms with Crippen LogP contribution < -0.4 is 5.32 Å². The van der Waals surface area contributed by atoms with Gasteiger partial charge in [0.1, 0.15) is 11.8 Å². The molecular formula is C13H21ClN2O2. The summed E-state index contributed by atoms with van der Waals surface area (Å²) < 4.78 is 4.84. The Labute approximate surface area is 114 Å². The average Bonchev–Trinajstić information content (AvgIpc) is 3.25. The van der Waals surface area contributed by atoms with Gasteiger partial charge in [0.2, 0.25) is 0 Å². The number of amidine groups is 1. The third-order valence-electron chi connectivity index (χ3n) is 4.09. The number of methoxy groups -OCH3 is 1. The molecule has 0 aromatic carbocycles. The molecule has 1 atom stereocenters. The fourth-order valence-corrected chi connectivity index (χ4v) is 2.78. The van der Waals surface area contributed by atoms with E-state index >= 15 is 0 Å². The molecule has 1 N–H and O–H groups in total. The first-order valence-corrected chi connectivity index (χ1v) is 6.68. The monoisotopic (exact) mass is 272 g/mol. The molecule has 2 saturated carbocycles. The highest BCUT2D eigenvalue weighted by Crippen LogP contribution is 2.44. The van der Waals surface area contributed by atoms with Gasteiger partial charge in [0, 0.05) is 12.6 Å². The number of carbonyl (C=O) groups excluding carboxylic acids is 1. The van der Waals surface area contributed by atoms with Gasteiger partial charge < -0.3 is 10.1 Å². The van der Waals surface area contributed by atoms with Gasteiger partial charge in [0.25, 0.3) is 0 Å².